The first-order valence-corrected chi connectivity index (χ1v) is 4.72. The van der Waals surface area contributed by atoms with Crippen molar-refractivity contribution in [3.8, 4) is 0 Å². The van der Waals surface area contributed by atoms with E-state index in [9.17, 15) is 14.4 Å². The lowest BCUT2D eigenvalue weighted by Gasteiger charge is -2.19. The number of carbonyl (C=O) groups excluding carboxylic acids is 3. The van der Waals surface area contributed by atoms with E-state index in [1.54, 1.807) is 6.92 Å². The molecule has 0 heterocycles. The number of hydrogen-bond acceptors (Lipinski definition) is 3. The molecule has 86 valence electrons. The van der Waals surface area contributed by atoms with E-state index in [1.165, 1.54) is 21.0 Å². The van der Waals surface area contributed by atoms with Gasteiger partial charge in [0.25, 0.3) is 5.91 Å². The number of likely N-dealkylation sites (N-methyl/N-ethyl adjacent to an activating group) is 1. The molecule has 0 spiro atoms. The Morgan fingerprint density at radius 2 is 1.87 bits per heavy atom. The van der Waals surface area contributed by atoms with Gasteiger partial charge in [0.05, 0.1) is 0 Å². The maximum Gasteiger partial charge on any atom is 0.323 e. The molecule has 0 saturated carbocycles. The molecule has 0 unspecified atom stereocenters. The molecule has 0 bridgehead atoms. The number of nitrogens with one attached hydrogen (secondary N) is 2. The van der Waals surface area contributed by atoms with Crippen molar-refractivity contribution in [2.75, 3.05) is 14.1 Å². The predicted octanol–water partition coefficient (Wildman–Crippen LogP) is -0.301. The lowest BCUT2D eigenvalue weighted by molar-refractivity contribution is -0.132. The van der Waals surface area contributed by atoms with Crippen molar-refractivity contribution in [3.63, 3.8) is 0 Å². The van der Waals surface area contributed by atoms with Gasteiger partial charge in [-0.25, -0.2) is 4.79 Å². The summed E-state index contributed by atoms with van der Waals surface area (Å²) in [4.78, 5) is 34.6. The van der Waals surface area contributed by atoms with Gasteiger partial charge >= 0.3 is 6.03 Å². The fraction of sp³-hybridized carbons (Fsp3) is 0.667. The predicted molar refractivity (Wildman–Crippen MR) is 55.1 cm³/mol. The van der Waals surface area contributed by atoms with Crippen LogP contribution in [-0.2, 0) is 9.59 Å². The summed E-state index contributed by atoms with van der Waals surface area (Å²) in [5, 5.41) is 4.80. The molecule has 6 heteroatoms. The Labute approximate surface area is 89.0 Å². The SMILES string of the molecule is CCC(=O)N[C@@H](C)C(=O)N(C)C(=O)NC. The third-order valence-electron chi connectivity index (χ3n) is 1.92. The minimum atomic E-state index is -0.695. The molecule has 0 saturated heterocycles. The van der Waals surface area contributed by atoms with Gasteiger partial charge in [0, 0.05) is 20.5 Å². The molecule has 0 aromatic rings. The summed E-state index contributed by atoms with van der Waals surface area (Å²) >= 11 is 0. The Morgan fingerprint density at radius 1 is 1.33 bits per heavy atom. The minimum Gasteiger partial charge on any atom is -0.345 e. The Kier molecular flexibility index (Phi) is 5.36. The minimum absolute atomic E-state index is 0.221. The topological polar surface area (TPSA) is 78.5 Å². The number of hydrogen-bond donors (Lipinski definition) is 2. The van der Waals surface area contributed by atoms with Crippen molar-refractivity contribution in [2.45, 2.75) is 26.3 Å². The third-order valence-corrected chi connectivity index (χ3v) is 1.92. The van der Waals surface area contributed by atoms with Gasteiger partial charge in [-0.15, -0.1) is 0 Å². The Morgan fingerprint density at radius 3 is 2.27 bits per heavy atom. The monoisotopic (exact) mass is 215 g/mol. The zero-order valence-corrected chi connectivity index (χ0v) is 9.46. The molecule has 2 N–H and O–H groups in total. The van der Waals surface area contributed by atoms with Crippen LogP contribution in [0.2, 0.25) is 0 Å². The van der Waals surface area contributed by atoms with Crippen LogP contribution in [0.15, 0.2) is 0 Å². The van der Waals surface area contributed by atoms with Crippen LogP contribution in [0, 0.1) is 0 Å². The zero-order valence-electron chi connectivity index (χ0n) is 9.46. The summed E-state index contributed by atoms with van der Waals surface area (Å²) in [5.41, 5.74) is 0. The highest BCUT2D eigenvalue weighted by Crippen LogP contribution is 1.93. The van der Waals surface area contributed by atoms with Crippen LogP contribution in [0.1, 0.15) is 20.3 Å². The van der Waals surface area contributed by atoms with Gasteiger partial charge in [0.15, 0.2) is 0 Å². The number of amides is 4. The Hall–Kier alpha value is -1.59. The highest BCUT2D eigenvalue weighted by Gasteiger charge is 2.22. The van der Waals surface area contributed by atoms with Crippen molar-refractivity contribution >= 4 is 17.8 Å². The number of carbonyl (C=O) groups is 3. The van der Waals surface area contributed by atoms with E-state index >= 15 is 0 Å². The second kappa shape index (κ2) is 6.00. The van der Waals surface area contributed by atoms with Crippen molar-refractivity contribution in [1.29, 1.82) is 0 Å². The second-order valence-electron chi connectivity index (χ2n) is 3.10. The largest absolute Gasteiger partial charge is 0.345 e. The molecule has 0 aromatic carbocycles. The lowest BCUT2D eigenvalue weighted by Crippen LogP contribution is -2.49. The summed E-state index contributed by atoms with van der Waals surface area (Å²) in [6, 6.07) is -1.20. The van der Waals surface area contributed by atoms with Crippen molar-refractivity contribution in [1.82, 2.24) is 15.5 Å². The van der Waals surface area contributed by atoms with Crippen LogP contribution < -0.4 is 10.6 Å². The molecule has 1 atom stereocenters. The van der Waals surface area contributed by atoms with Crippen LogP contribution in [0.3, 0.4) is 0 Å². The highest BCUT2D eigenvalue weighted by molar-refractivity contribution is 5.98. The number of imide groups is 1. The van der Waals surface area contributed by atoms with Crippen LogP contribution >= 0.6 is 0 Å². The zero-order chi connectivity index (χ0) is 12.0. The average molecular weight is 215 g/mol. The van der Waals surface area contributed by atoms with E-state index < -0.39 is 18.0 Å². The van der Waals surface area contributed by atoms with E-state index in [0.29, 0.717) is 6.42 Å². The Balaban J connectivity index is 4.31. The van der Waals surface area contributed by atoms with Crippen LogP contribution in [0.4, 0.5) is 4.79 Å². The van der Waals surface area contributed by atoms with E-state index in [1.807, 2.05) is 0 Å². The summed E-state index contributed by atoms with van der Waals surface area (Å²) in [6.45, 7) is 3.23. The molecular weight excluding hydrogens is 198 g/mol. The van der Waals surface area contributed by atoms with E-state index in [4.69, 9.17) is 0 Å². The second-order valence-corrected chi connectivity index (χ2v) is 3.10. The third kappa shape index (κ3) is 3.97. The maximum absolute atomic E-state index is 11.5. The number of rotatable bonds is 3. The molecule has 0 aromatic heterocycles. The van der Waals surface area contributed by atoms with Gasteiger partial charge in [0.1, 0.15) is 6.04 Å². The molecule has 0 fully saturated rings. The first kappa shape index (κ1) is 13.4. The van der Waals surface area contributed by atoms with Gasteiger partial charge in [-0.3, -0.25) is 14.5 Å². The molecule has 0 aliphatic heterocycles. The summed E-state index contributed by atoms with van der Waals surface area (Å²) in [7, 11) is 2.79. The molecule has 0 aliphatic rings. The van der Waals surface area contributed by atoms with Crippen LogP contribution in [0.25, 0.3) is 0 Å². The molecule has 0 rings (SSSR count). The van der Waals surface area contributed by atoms with Crippen molar-refractivity contribution < 1.29 is 14.4 Å². The fourth-order valence-corrected chi connectivity index (χ4v) is 0.964. The molecule has 15 heavy (non-hydrogen) atoms. The van der Waals surface area contributed by atoms with Crippen LogP contribution in [-0.4, -0.2) is 42.9 Å². The first-order valence-electron chi connectivity index (χ1n) is 4.72. The average Bonchev–Trinajstić information content (AvgIpc) is 2.25. The maximum atomic E-state index is 11.5. The van der Waals surface area contributed by atoms with Gasteiger partial charge < -0.3 is 10.6 Å². The van der Waals surface area contributed by atoms with E-state index in [2.05, 4.69) is 10.6 Å². The molecule has 0 radical (unpaired) electrons. The van der Waals surface area contributed by atoms with Crippen LogP contribution in [0.5, 0.6) is 0 Å². The molecule has 0 aliphatic carbocycles. The quantitative estimate of drug-likeness (QED) is 0.678. The normalized spacial score (nSPS) is 11.5. The lowest BCUT2D eigenvalue weighted by atomic mass is 10.3. The fourth-order valence-electron chi connectivity index (χ4n) is 0.964. The summed E-state index contributed by atoms with van der Waals surface area (Å²) < 4.78 is 0. The van der Waals surface area contributed by atoms with Gasteiger partial charge in [-0.1, -0.05) is 6.92 Å². The van der Waals surface area contributed by atoms with E-state index in [0.717, 1.165) is 4.90 Å². The molecule has 4 amide bonds. The smallest absolute Gasteiger partial charge is 0.323 e. The molecular formula is C9H17N3O3. The standard InChI is InChI=1S/C9H17N3O3/c1-5-7(13)11-6(2)8(14)12(4)9(15)10-3/h6H,5H2,1-4H3,(H,10,15)(H,11,13)/t6-/m0/s1. The highest BCUT2D eigenvalue weighted by atomic mass is 16.2. The summed E-state index contributed by atoms with van der Waals surface area (Å²) in [5.74, 6) is -0.669. The Bertz CT molecular complexity index is 265. The first-order chi connectivity index (χ1) is 6.93. The number of nitrogens with zero attached hydrogens (tertiary/aromatic N) is 1. The van der Waals surface area contributed by atoms with Crippen molar-refractivity contribution in [2.24, 2.45) is 0 Å². The van der Waals surface area contributed by atoms with Crippen molar-refractivity contribution in [3.05, 3.63) is 0 Å². The van der Waals surface area contributed by atoms with E-state index in [-0.39, 0.29) is 5.91 Å². The van der Waals surface area contributed by atoms with Gasteiger partial charge in [-0.05, 0) is 6.92 Å². The van der Waals surface area contributed by atoms with Gasteiger partial charge in [0.2, 0.25) is 5.91 Å². The van der Waals surface area contributed by atoms with Gasteiger partial charge in [-0.2, -0.15) is 0 Å². The number of urea groups is 1. The summed E-state index contributed by atoms with van der Waals surface area (Å²) in [6.07, 6.45) is 0.307. The molecule has 6 nitrogen and oxygen atoms in total.